The molecular weight excluding hydrogens is 527 g/mol. The molecule has 0 saturated carbocycles. The fraction of sp³-hybridized carbons (Fsp3) is 0.318. The number of para-hydroxylation sites is 1. The monoisotopic (exact) mass is 558 g/mol. The van der Waals surface area contributed by atoms with E-state index >= 15 is 0 Å². The molecule has 0 aliphatic heterocycles. The third-order valence-electron chi connectivity index (χ3n) is 4.08. The Balaban J connectivity index is 0.00000480. The van der Waals surface area contributed by atoms with Crippen LogP contribution in [0.25, 0.3) is 0 Å². The first kappa shape index (κ1) is 26.9. The van der Waals surface area contributed by atoms with Crippen molar-refractivity contribution in [3.05, 3.63) is 78.4 Å². The summed E-state index contributed by atoms with van der Waals surface area (Å²) in [5, 5.41) is 6.20. The second-order valence-electron chi connectivity index (χ2n) is 6.45. The van der Waals surface area contributed by atoms with Crippen LogP contribution in [0.2, 0.25) is 0 Å². The van der Waals surface area contributed by atoms with Crippen molar-refractivity contribution in [2.24, 2.45) is 4.99 Å². The molecule has 0 atom stereocenters. The minimum atomic E-state index is -3.40. The third-order valence-corrected chi connectivity index (χ3v) is 5.41. The van der Waals surface area contributed by atoms with Crippen LogP contribution in [-0.2, 0) is 23.1 Å². The number of guanidine groups is 1. The van der Waals surface area contributed by atoms with Gasteiger partial charge in [0.05, 0.1) is 12.3 Å². The Hall–Kier alpha value is -2.11. The highest BCUT2D eigenvalue weighted by molar-refractivity contribution is 14.0. The van der Waals surface area contributed by atoms with Gasteiger partial charge in [0.2, 0.25) is 10.0 Å². The van der Waals surface area contributed by atoms with Gasteiger partial charge in [-0.2, -0.15) is 0 Å². The average Bonchev–Trinajstić information content (AvgIpc) is 2.76. The van der Waals surface area contributed by atoms with Crippen LogP contribution in [0.4, 0.5) is 0 Å². The van der Waals surface area contributed by atoms with Crippen LogP contribution in [0.1, 0.15) is 18.1 Å². The first-order valence-corrected chi connectivity index (χ1v) is 11.5. The molecule has 0 spiro atoms. The summed E-state index contributed by atoms with van der Waals surface area (Å²) in [6.07, 6.45) is 1.69. The van der Waals surface area contributed by atoms with E-state index in [9.17, 15) is 8.42 Å². The Morgan fingerprint density at radius 1 is 1.10 bits per heavy atom. The van der Waals surface area contributed by atoms with E-state index in [0.29, 0.717) is 25.7 Å². The first-order chi connectivity index (χ1) is 14.5. The lowest BCUT2D eigenvalue weighted by Gasteiger charge is -2.13. The molecule has 0 aliphatic carbocycles. The number of sulfonamides is 1. The van der Waals surface area contributed by atoms with Gasteiger partial charge in [-0.25, -0.2) is 18.1 Å². The molecule has 2 aromatic carbocycles. The van der Waals surface area contributed by atoms with Gasteiger partial charge in [0.1, 0.15) is 12.4 Å². The Kier molecular flexibility index (Phi) is 12.9. The molecule has 2 rings (SSSR count). The summed E-state index contributed by atoms with van der Waals surface area (Å²) in [4.78, 5) is 4.54. The van der Waals surface area contributed by atoms with E-state index < -0.39 is 10.0 Å². The molecule has 0 aliphatic rings. The van der Waals surface area contributed by atoms with E-state index in [1.165, 1.54) is 0 Å². The lowest BCUT2D eigenvalue weighted by Crippen LogP contribution is -2.41. The highest BCUT2D eigenvalue weighted by Crippen LogP contribution is 2.18. The van der Waals surface area contributed by atoms with Crippen LogP contribution in [0.15, 0.2) is 72.2 Å². The molecule has 31 heavy (non-hydrogen) atoms. The van der Waals surface area contributed by atoms with Gasteiger partial charge in [-0.3, -0.25) is 0 Å². The SMILES string of the molecule is C=CCOc1ccccc1CN=C(NCC)NCCS(=O)(=O)NCc1ccccc1.I. The number of nitrogens with one attached hydrogen (secondary N) is 3. The topological polar surface area (TPSA) is 91.8 Å². The number of benzene rings is 2. The lowest BCUT2D eigenvalue weighted by molar-refractivity contribution is 0.359. The van der Waals surface area contributed by atoms with Crippen molar-refractivity contribution in [3.63, 3.8) is 0 Å². The van der Waals surface area contributed by atoms with Crippen molar-refractivity contribution < 1.29 is 13.2 Å². The fourth-order valence-electron chi connectivity index (χ4n) is 2.60. The van der Waals surface area contributed by atoms with Crippen molar-refractivity contribution in [2.75, 3.05) is 25.4 Å². The predicted molar refractivity (Wildman–Crippen MR) is 137 cm³/mol. The van der Waals surface area contributed by atoms with Crippen molar-refractivity contribution in [3.8, 4) is 5.75 Å². The lowest BCUT2D eigenvalue weighted by atomic mass is 10.2. The fourth-order valence-corrected chi connectivity index (χ4v) is 3.50. The number of hydrogen-bond acceptors (Lipinski definition) is 4. The van der Waals surface area contributed by atoms with E-state index in [0.717, 1.165) is 16.9 Å². The van der Waals surface area contributed by atoms with Gasteiger partial charge >= 0.3 is 0 Å². The van der Waals surface area contributed by atoms with Crippen LogP contribution in [-0.4, -0.2) is 39.8 Å². The van der Waals surface area contributed by atoms with E-state index in [1.807, 2.05) is 61.5 Å². The van der Waals surface area contributed by atoms with Crippen LogP contribution in [0.5, 0.6) is 5.75 Å². The van der Waals surface area contributed by atoms with Gasteiger partial charge in [-0.1, -0.05) is 61.2 Å². The number of hydrogen-bond donors (Lipinski definition) is 3. The molecule has 3 N–H and O–H groups in total. The Bertz CT molecular complexity index is 921. The summed E-state index contributed by atoms with van der Waals surface area (Å²) in [5.41, 5.74) is 1.86. The molecule has 9 heteroatoms. The van der Waals surface area contributed by atoms with Crippen molar-refractivity contribution in [1.29, 1.82) is 0 Å². The number of halogens is 1. The Morgan fingerprint density at radius 2 is 1.81 bits per heavy atom. The Labute approximate surface area is 202 Å². The molecule has 0 fully saturated rings. The summed E-state index contributed by atoms with van der Waals surface area (Å²) in [7, 11) is -3.40. The maximum absolute atomic E-state index is 12.2. The molecule has 2 aromatic rings. The maximum atomic E-state index is 12.2. The largest absolute Gasteiger partial charge is 0.489 e. The molecule has 170 valence electrons. The third kappa shape index (κ3) is 10.7. The average molecular weight is 558 g/mol. The Morgan fingerprint density at radius 3 is 2.52 bits per heavy atom. The minimum Gasteiger partial charge on any atom is -0.489 e. The number of ether oxygens (including phenoxy) is 1. The second kappa shape index (κ2) is 14.8. The van der Waals surface area contributed by atoms with Gasteiger partial charge in [-0.15, -0.1) is 24.0 Å². The van der Waals surface area contributed by atoms with Crippen molar-refractivity contribution in [1.82, 2.24) is 15.4 Å². The molecule has 0 bridgehead atoms. The second-order valence-corrected chi connectivity index (χ2v) is 8.38. The molecule has 0 saturated heterocycles. The van der Waals surface area contributed by atoms with Crippen LogP contribution >= 0.6 is 24.0 Å². The van der Waals surface area contributed by atoms with Crippen LogP contribution < -0.4 is 20.1 Å². The van der Waals surface area contributed by atoms with Gasteiger partial charge in [0.25, 0.3) is 0 Å². The molecule has 7 nitrogen and oxygen atoms in total. The quantitative estimate of drug-likeness (QED) is 0.161. The molecule has 0 heterocycles. The van der Waals surface area contributed by atoms with E-state index in [4.69, 9.17) is 4.74 Å². The minimum absolute atomic E-state index is 0. The molecule has 0 radical (unpaired) electrons. The number of nitrogens with zero attached hydrogens (tertiary/aromatic N) is 1. The zero-order valence-corrected chi connectivity index (χ0v) is 20.9. The van der Waals surface area contributed by atoms with Gasteiger partial charge < -0.3 is 15.4 Å². The summed E-state index contributed by atoms with van der Waals surface area (Å²) >= 11 is 0. The van der Waals surface area contributed by atoms with E-state index in [1.54, 1.807) is 6.08 Å². The summed E-state index contributed by atoms with van der Waals surface area (Å²) < 4.78 is 32.7. The van der Waals surface area contributed by atoms with Crippen LogP contribution in [0, 0.1) is 0 Å². The summed E-state index contributed by atoms with van der Waals surface area (Å²) in [5.74, 6) is 1.25. The first-order valence-electron chi connectivity index (χ1n) is 9.89. The van der Waals surface area contributed by atoms with E-state index in [2.05, 4.69) is 26.9 Å². The normalized spacial score (nSPS) is 11.3. The molecule has 0 unspecified atom stereocenters. The van der Waals surface area contributed by atoms with Gasteiger partial charge in [0.15, 0.2) is 5.96 Å². The highest BCUT2D eigenvalue weighted by Gasteiger charge is 2.10. The molecule has 0 amide bonds. The van der Waals surface area contributed by atoms with Crippen LogP contribution in [0.3, 0.4) is 0 Å². The number of aliphatic imine (C=N–C) groups is 1. The zero-order valence-electron chi connectivity index (χ0n) is 17.7. The highest BCUT2D eigenvalue weighted by atomic mass is 127. The smallest absolute Gasteiger partial charge is 0.213 e. The van der Waals surface area contributed by atoms with Crippen molar-refractivity contribution >= 4 is 40.0 Å². The summed E-state index contributed by atoms with van der Waals surface area (Å²) in [6.45, 7) is 7.63. The molecule has 0 aromatic heterocycles. The number of rotatable bonds is 12. The standard InChI is InChI=1S/C22H30N4O3S.HI/c1-3-15-29-21-13-9-8-12-20(21)18-25-22(23-4-2)24-14-16-30(27,28)26-17-19-10-6-5-7-11-19;/h3,5-13,26H,1,4,14-18H2,2H3,(H2,23,24,25);1H. The predicted octanol–water partition coefficient (Wildman–Crippen LogP) is 3.04. The maximum Gasteiger partial charge on any atom is 0.213 e. The van der Waals surface area contributed by atoms with Gasteiger partial charge in [0, 0.05) is 25.2 Å². The summed E-state index contributed by atoms with van der Waals surface area (Å²) in [6, 6.07) is 17.1. The van der Waals surface area contributed by atoms with Gasteiger partial charge in [-0.05, 0) is 18.6 Å². The van der Waals surface area contributed by atoms with Crippen molar-refractivity contribution in [2.45, 2.75) is 20.0 Å². The molecular formula is C22H31IN4O3S. The van der Waals surface area contributed by atoms with E-state index in [-0.39, 0.29) is 42.8 Å². The zero-order chi connectivity index (χ0) is 21.7.